The van der Waals surface area contributed by atoms with E-state index in [-0.39, 0.29) is 0 Å². The zero-order valence-electron chi connectivity index (χ0n) is 14.1. The van der Waals surface area contributed by atoms with Crippen LogP contribution in [0, 0.1) is 5.92 Å². The van der Waals surface area contributed by atoms with Gasteiger partial charge in [-0.25, -0.2) is 10.9 Å². The number of para-hydroxylation sites is 1. The van der Waals surface area contributed by atoms with Crippen molar-refractivity contribution in [3.63, 3.8) is 0 Å². The van der Waals surface area contributed by atoms with Crippen LogP contribution in [0.15, 0.2) is 52.7 Å². The molecule has 1 aliphatic rings. The number of hydrazone groups is 2. The number of aryl methyl sites for hydroxylation is 1. The number of nitrogens with one attached hydrogen (secondary N) is 2. The Morgan fingerprint density at radius 3 is 2.85 bits per heavy atom. The lowest BCUT2D eigenvalue weighted by molar-refractivity contribution is -0.131. The Morgan fingerprint density at radius 2 is 2.08 bits per heavy atom. The van der Waals surface area contributed by atoms with Crippen LogP contribution in [-0.4, -0.2) is 28.8 Å². The molecule has 1 aliphatic heterocycles. The van der Waals surface area contributed by atoms with E-state index in [1.165, 1.54) is 17.1 Å². The smallest absolute Gasteiger partial charge is 0.258 e. The first kappa shape index (κ1) is 16.0. The Kier molecular flexibility index (Phi) is 3.96. The summed E-state index contributed by atoms with van der Waals surface area (Å²) >= 11 is 0. The molecule has 7 heteroatoms. The number of nitrogens with zero attached hydrogens (tertiary/aromatic N) is 3. The van der Waals surface area contributed by atoms with E-state index in [9.17, 15) is 9.59 Å². The number of carbonyl (C=O) groups excluding carboxylic acids is 2. The number of fused-ring (bicyclic) bond motifs is 3. The lowest BCUT2D eigenvalue weighted by atomic mass is 10.1. The first-order valence-electron chi connectivity index (χ1n) is 8.36. The van der Waals surface area contributed by atoms with E-state index in [2.05, 4.69) is 50.7 Å². The Bertz CT molecular complexity index is 1080. The molecular weight excluding hydrogens is 330 g/mol. The quantitative estimate of drug-likeness (QED) is 0.429. The molecule has 7 nitrogen and oxygen atoms in total. The summed E-state index contributed by atoms with van der Waals surface area (Å²) in [5.74, 6) is -1.90. The van der Waals surface area contributed by atoms with Crippen molar-refractivity contribution in [2.45, 2.75) is 13.5 Å². The number of hydrogen-bond acceptors (Lipinski definition) is 4. The molecule has 2 amide bonds. The lowest BCUT2D eigenvalue weighted by Crippen LogP contribution is -2.34. The predicted octanol–water partition coefficient (Wildman–Crippen LogP) is 2.00. The maximum atomic E-state index is 11.9. The highest BCUT2D eigenvalue weighted by Gasteiger charge is 2.28. The van der Waals surface area contributed by atoms with E-state index in [0.717, 1.165) is 23.0 Å². The van der Waals surface area contributed by atoms with Crippen molar-refractivity contribution >= 4 is 46.0 Å². The van der Waals surface area contributed by atoms with Gasteiger partial charge in [0.2, 0.25) is 0 Å². The predicted molar refractivity (Wildman–Crippen MR) is 101 cm³/mol. The summed E-state index contributed by atoms with van der Waals surface area (Å²) in [5, 5.41) is 9.85. The minimum atomic E-state index is -0.933. The lowest BCUT2D eigenvalue weighted by Gasteiger charge is -2.03. The molecule has 0 unspecified atom stereocenters. The molecule has 3 aromatic rings. The third-order valence-electron chi connectivity index (χ3n) is 4.46. The number of benzene rings is 2. The molecule has 0 fully saturated rings. The summed E-state index contributed by atoms with van der Waals surface area (Å²) in [6, 6.07) is 14.3. The molecule has 2 heterocycles. The molecule has 2 aromatic carbocycles. The summed E-state index contributed by atoms with van der Waals surface area (Å²) in [5.41, 5.74) is 7.81. The molecule has 130 valence electrons. The number of aromatic nitrogens is 1. The summed E-state index contributed by atoms with van der Waals surface area (Å²) in [7, 11) is 0. The van der Waals surface area contributed by atoms with Gasteiger partial charge < -0.3 is 4.57 Å². The first-order valence-corrected chi connectivity index (χ1v) is 8.36. The number of amides is 2. The van der Waals surface area contributed by atoms with Gasteiger partial charge in [0, 0.05) is 34.6 Å². The molecule has 0 spiro atoms. The van der Waals surface area contributed by atoms with Crippen LogP contribution in [0.4, 0.5) is 0 Å². The summed E-state index contributed by atoms with van der Waals surface area (Å²) in [6.45, 7) is 3.01. The van der Waals surface area contributed by atoms with E-state index < -0.39 is 17.7 Å². The molecule has 0 saturated carbocycles. The van der Waals surface area contributed by atoms with E-state index in [0.29, 0.717) is 0 Å². The third-order valence-corrected chi connectivity index (χ3v) is 4.46. The van der Waals surface area contributed by atoms with E-state index in [4.69, 9.17) is 0 Å². The average Bonchev–Trinajstić information content (AvgIpc) is 3.22. The Labute approximate surface area is 149 Å². The normalized spacial score (nSPS) is 16.7. The second kappa shape index (κ2) is 6.44. The molecule has 0 bridgehead atoms. The van der Waals surface area contributed by atoms with Crippen LogP contribution in [0.25, 0.3) is 21.8 Å². The van der Waals surface area contributed by atoms with Crippen LogP contribution in [0.2, 0.25) is 0 Å². The van der Waals surface area contributed by atoms with Crippen LogP contribution in [0.3, 0.4) is 0 Å². The van der Waals surface area contributed by atoms with E-state index in [1.54, 1.807) is 6.21 Å². The largest absolute Gasteiger partial charge is 0.341 e. The Hall–Kier alpha value is -3.48. The Balaban J connectivity index is 1.61. The highest BCUT2D eigenvalue weighted by Crippen LogP contribution is 2.29. The molecule has 0 saturated heterocycles. The van der Waals surface area contributed by atoms with Crippen LogP contribution in [0.1, 0.15) is 12.5 Å². The van der Waals surface area contributed by atoms with Crippen molar-refractivity contribution in [3.05, 3.63) is 48.0 Å². The first-order chi connectivity index (χ1) is 12.7. The fraction of sp³-hybridized carbons (Fsp3) is 0.158. The van der Waals surface area contributed by atoms with Gasteiger partial charge in [-0.05, 0) is 30.7 Å². The van der Waals surface area contributed by atoms with Crippen molar-refractivity contribution in [2.75, 3.05) is 0 Å². The van der Waals surface area contributed by atoms with Crippen LogP contribution in [0.5, 0.6) is 0 Å². The van der Waals surface area contributed by atoms with Gasteiger partial charge in [-0.1, -0.05) is 24.3 Å². The highest BCUT2D eigenvalue weighted by atomic mass is 16.2. The van der Waals surface area contributed by atoms with Crippen molar-refractivity contribution in [1.29, 1.82) is 0 Å². The minimum absolute atomic E-state index is 0.452. The van der Waals surface area contributed by atoms with Crippen LogP contribution >= 0.6 is 0 Å². The van der Waals surface area contributed by atoms with E-state index >= 15 is 0 Å². The molecule has 26 heavy (non-hydrogen) atoms. The fourth-order valence-corrected chi connectivity index (χ4v) is 3.23. The molecule has 2 N–H and O–H groups in total. The molecule has 1 aromatic heterocycles. The van der Waals surface area contributed by atoms with Gasteiger partial charge in [-0.3, -0.25) is 9.59 Å². The SMILES string of the molecule is CCn1c2ccccc2c2cc(/C=N\NC(=O)[C@H]3C=NNC3=O)ccc21. The standard InChI is InChI=1S/C19H17N5O2/c1-2-24-16-6-4-3-5-13(16)14-9-12(7-8-17(14)24)10-20-22-18(25)15-11-21-23-19(15)26/h3-11,15H,2H2,1H3,(H,22,25)(H,23,26)/b20-10-/t15-/m1/s1. The van der Waals surface area contributed by atoms with Crippen LogP contribution in [-0.2, 0) is 16.1 Å². The summed E-state index contributed by atoms with van der Waals surface area (Å²) in [6.07, 6.45) is 2.83. The van der Waals surface area contributed by atoms with Gasteiger partial charge in [0.15, 0.2) is 5.92 Å². The monoisotopic (exact) mass is 347 g/mol. The highest BCUT2D eigenvalue weighted by molar-refractivity contribution is 6.15. The van der Waals surface area contributed by atoms with Crippen molar-refractivity contribution < 1.29 is 9.59 Å². The second-order valence-corrected chi connectivity index (χ2v) is 6.00. The summed E-state index contributed by atoms with van der Waals surface area (Å²) < 4.78 is 2.27. The van der Waals surface area contributed by atoms with Gasteiger partial charge in [0.25, 0.3) is 11.8 Å². The van der Waals surface area contributed by atoms with Gasteiger partial charge in [0.05, 0.1) is 6.21 Å². The maximum absolute atomic E-state index is 11.9. The topological polar surface area (TPSA) is 87.8 Å². The van der Waals surface area contributed by atoms with Crippen molar-refractivity contribution in [1.82, 2.24) is 15.4 Å². The van der Waals surface area contributed by atoms with Gasteiger partial charge in [-0.2, -0.15) is 10.2 Å². The molecule has 0 aliphatic carbocycles. The molecule has 1 atom stereocenters. The fourth-order valence-electron chi connectivity index (χ4n) is 3.23. The minimum Gasteiger partial charge on any atom is -0.341 e. The number of hydrogen-bond donors (Lipinski definition) is 2. The molecule has 0 radical (unpaired) electrons. The van der Waals surface area contributed by atoms with E-state index in [1.807, 2.05) is 24.3 Å². The molecular formula is C19H17N5O2. The van der Waals surface area contributed by atoms with Gasteiger partial charge >= 0.3 is 0 Å². The molecule has 4 rings (SSSR count). The third kappa shape index (κ3) is 2.63. The van der Waals surface area contributed by atoms with Crippen LogP contribution < -0.4 is 10.9 Å². The zero-order chi connectivity index (χ0) is 18.1. The van der Waals surface area contributed by atoms with Gasteiger partial charge in [0.1, 0.15) is 0 Å². The zero-order valence-corrected chi connectivity index (χ0v) is 14.1. The number of carbonyl (C=O) groups is 2. The van der Waals surface area contributed by atoms with Crippen molar-refractivity contribution in [2.24, 2.45) is 16.1 Å². The summed E-state index contributed by atoms with van der Waals surface area (Å²) in [4.78, 5) is 23.3. The number of rotatable bonds is 4. The maximum Gasteiger partial charge on any atom is 0.258 e. The average molecular weight is 347 g/mol. The van der Waals surface area contributed by atoms with Gasteiger partial charge in [-0.15, -0.1) is 0 Å². The second-order valence-electron chi connectivity index (χ2n) is 6.00. The Morgan fingerprint density at radius 1 is 1.27 bits per heavy atom. The van der Waals surface area contributed by atoms with Crippen molar-refractivity contribution in [3.8, 4) is 0 Å².